The summed E-state index contributed by atoms with van der Waals surface area (Å²) in [6.07, 6.45) is -0.638. The van der Waals surface area contributed by atoms with Gasteiger partial charge in [0.2, 0.25) is 5.95 Å². The van der Waals surface area contributed by atoms with Gasteiger partial charge in [0.1, 0.15) is 0 Å². The average molecular weight is 415 g/mol. The molecule has 0 radical (unpaired) electrons. The molecular weight excluding hydrogens is 396 g/mol. The predicted molar refractivity (Wildman–Crippen MR) is 105 cm³/mol. The second-order valence-corrected chi connectivity index (χ2v) is 6.96. The molecule has 0 aliphatic carbocycles. The molecule has 3 aromatic heterocycles. The van der Waals surface area contributed by atoms with Crippen molar-refractivity contribution < 1.29 is 18.6 Å². The number of nitrogens with zero attached hydrogens (tertiary/aromatic N) is 6. The van der Waals surface area contributed by atoms with E-state index < -0.39 is 6.43 Å². The number of rotatable bonds is 5. The molecule has 1 aliphatic rings. The lowest BCUT2D eigenvalue weighted by Crippen LogP contribution is -2.37. The van der Waals surface area contributed by atoms with Crippen molar-refractivity contribution in [2.75, 3.05) is 37.8 Å². The number of aromatic amines is 1. The molecule has 5 rings (SSSR count). The number of anilines is 1. The van der Waals surface area contributed by atoms with E-state index in [2.05, 4.69) is 20.1 Å². The summed E-state index contributed by atoms with van der Waals surface area (Å²) in [4.78, 5) is 18.0. The minimum atomic E-state index is -2.67. The van der Waals surface area contributed by atoms with Gasteiger partial charge in [0.15, 0.2) is 11.5 Å². The number of imidazole rings is 1. The normalized spacial score (nSPS) is 15.0. The maximum Gasteiger partial charge on any atom is 0.295 e. The van der Waals surface area contributed by atoms with Gasteiger partial charge in [-0.3, -0.25) is 0 Å². The second-order valence-electron chi connectivity index (χ2n) is 6.96. The number of fused-ring (bicyclic) bond motifs is 2. The molecule has 0 unspecified atom stereocenters. The largest absolute Gasteiger partial charge is 0.396 e. The van der Waals surface area contributed by atoms with E-state index in [0.717, 1.165) is 5.39 Å². The third-order valence-electron chi connectivity index (χ3n) is 5.07. The number of hydrogen-bond acceptors (Lipinski definition) is 7. The molecular formula is C19H19F2N7O2. The van der Waals surface area contributed by atoms with E-state index in [1.807, 2.05) is 4.90 Å². The van der Waals surface area contributed by atoms with Crippen molar-refractivity contribution in [3.63, 3.8) is 0 Å². The maximum absolute atomic E-state index is 13.0. The van der Waals surface area contributed by atoms with Crippen molar-refractivity contribution >= 4 is 28.0 Å². The second kappa shape index (κ2) is 7.58. The van der Waals surface area contributed by atoms with Gasteiger partial charge in [-0.1, -0.05) is 0 Å². The van der Waals surface area contributed by atoms with Gasteiger partial charge in [-0.05, 0) is 18.2 Å². The van der Waals surface area contributed by atoms with Crippen LogP contribution in [-0.2, 0) is 11.2 Å². The Morgan fingerprint density at radius 1 is 1.17 bits per heavy atom. The van der Waals surface area contributed by atoms with Gasteiger partial charge in [-0.25, -0.2) is 23.4 Å². The standard InChI is InChI=1S/C19H19F2N7O2/c20-16(21)17-23-14-2-1-11(9-15(14)24-17)28-18-12(10-22-28)13(3-6-29)25-19(26-18)27-4-7-30-8-5-27/h1-2,9-10,16,29H,3-8H2,(H,23,24). The Hall–Kier alpha value is -3.18. The van der Waals surface area contributed by atoms with Gasteiger partial charge in [0.05, 0.1) is 47.2 Å². The number of nitrogens with one attached hydrogen (secondary N) is 1. The van der Waals surface area contributed by atoms with Crippen LogP contribution in [0.3, 0.4) is 0 Å². The smallest absolute Gasteiger partial charge is 0.295 e. The molecule has 30 heavy (non-hydrogen) atoms. The van der Waals surface area contributed by atoms with Crippen LogP contribution in [0.25, 0.3) is 27.8 Å². The van der Waals surface area contributed by atoms with Gasteiger partial charge in [-0.2, -0.15) is 10.1 Å². The van der Waals surface area contributed by atoms with Gasteiger partial charge in [0.25, 0.3) is 6.43 Å². The summed E-state index contributed by atoms with van der Waals surface area (Å²) in [6.45, 7) is 2.50. The Balaban J connectivity index is 1.63. The molecule has 1 fully saturated rings. The number of morpholine rings is 1. The molecule has 2 N–H and O–H groups in total. The third-order valence-corrected chi connectivity index (χ3v) is 5.07. The quantitative estimate of drug-likeness (QED) is 0.514. The van der Waals surface area contributed by atoms with Gasteiger partial charge < -0.3 is 19.7 Å². The van der Waals surface area contributed by atoms with Crippen molar-refractivity contribution in [3.8, 4) is 5.69 Å². The van der Waals surface area contributed by atoms with Crippen LogP contribution in [0.1, 0.15) is 17.9 Å². The molecule has 1 aliphatic heterocycles. The predicted octanol–water partition coefficient (Wildman–Crippen LogP) is 2.00. The maximum atomic E-state index is 13.0. The molecule has 0 amide bonds. The van der Waals surface area contributed by atoms with Crippen molar-refractivity contribution in [2.45, 2.75) is 12.8 Å². The highest BCUT2D eigenvalue weighted by Crippen LogP contribution is 2.26. The minimum Gasteiger partial charge on any atom is -0.396 e. The Kier molecular flexibility index (Phi) is 4.75. The summed E-state index contributed by atoms with van der Waals surface area (Å²) in [5.74, 6) is 0.188. The lowest BCUT2D eigenvalue weighted by atomic mass is 10.2. The fraction of sp³-hybridized carbons (Fsp3) is 0.368. The summed E-state index contributed by atoms with van der Waals surface area (Å²) < 4.78 is 33.0. The van der Waals surface area contributed by atoms with Crippen LogP contribution in [0.15, 0.2) is 24.4 Å². The first-order chi connectivity index (χ1) is 14.6. The van der Waals surface area contributed by atoms with E-state index in [9.17, 15) is 13.9 Å². The number of benzene rings is 1. The number of ether oxygens (including phenoxy) is 1. The lowest BCUT2D eigenvalue weighted by Gasteiger charge is -2.27. The van der Waals surface area contributed by atoms with E-state index in [0.29, 0.717) is 66.7 Å². The van der Waals surface area contributed by atoms with Crippen LogP contribution < -0.4 is 4.90 Å². The molecule has 0 spiro atoms. The van der Waals surface area contributed by atoms with Crippen LogP contribution >= 0.6 is 0 Å². The Morgan fingerprint density at radius 3 is 2.77 bits per heavy atom. The van der Waals surface area contributed by atoms with E-state index >= 15 is 0 Å². The van der Waals surface area contributed by atoms with Crippen molar-refractivity contribution in [2.24, 2.45) is 0 Å². The minimum absolute atomic E-state index is 0.0453. The van der Waals surface area contributed by atoms with Crippen molar-refractivity contribution in [1.82, 2.24) is 29.7 Å². The van der Waals surface area contributed by atoms with Crippen molar-refractivity contribution in [3.05, 3.63) is 35.9 Å². The van der Waals surface area contributed by atoms with E-state index in [4.69, 9.17) is 9.72 Å². The SMILES string of the molecule is OCCc1nc(N2CCOCC2)nc2c1cnn2-c1ccc2nc(C(F)F)[nH]c2c1. The number of aromatic nitrogens is 6. The molecule has 0 saturated carbocycles. The lowest BCUT2D eigenvalue weighted by molar-refractivity contribution is 0.122. The molecule has 11 heteroatoms. The first-order valence-corrected chi connectivity index (χ1v) is 9.60. The summed E-state index contributed by atoms with van der Waals surface area (Å²) in [5.41, 5.74) is 2.89. The molecule has 1 aromatic carbocycles. The highest BCUT2D eigenvalue weighted by Gasteiger charge is 2.20. The zero-order valence-electron chi connectivity index (χ0n) is 15.9. The zero-order valence-corrected chi connectivity index (χ0v) is 15.9. The fourth-order valence-corrected chi connectivity index (χ4v) is 3.60. The highest BCUT2D eigenvalue weighted by molar-refractivity contribution is 5.82. The number of H-pyrrole nitrogens is 1. The Labute approximate surface area is 169 Å². The van der Waals surface area contributed by atoms with Crippen LogP contribution in [-0.4, -0.2) is 67.7 Å². The summed E-state index contributed by atoms with van der Waals surface area (Å²) >= 11 is 0. The Bertz CT molecular complexity index is 1200. The van der Waals surface area contributed by atoms with Gasteiger partial charge in [-0.15, -0.1) is 0 Å². The molecule has 0 bridgehead atoms. The summed E-state index contributed by atoms with van der Waals surface area (Å²) in [6, 6.07) is 5.13. The number of alkyl halides is 2. The molecule has 0 atom stereocenters. The van der Waals surface area contributed by atoms with Crippen molar-refractivity contribution in [1.29, 1.82) is 0 Å². The first-order valence-electron chi connectivity index (χ1n) is 9.60. The monoisotopic (exact) mass is 415 g/mol. The highest BCUT2D eigenvalue weighted by atomic mass is 19.3. The zero-order chi connectivity index (χ0) is 20.7. The number of halogens is 2. The topological polar surface area (TPSA) is 105 Å². The molecule has 156 valence electrons. The third kappa shape index (κ3) is 3.25. The number of hydrogen-bond donors (Lipinski definition) is 2. The number of aliphatic hydroxyl groups is 1. The van der Waals surface area contributed by atoms with E-state index in [1.54, 1.807) is 29.1 Å². The molecule has 9 nitrogen and oxygen atoms in total. The summed E-state index contributed by atoms with van der Waals surface area (Å²) in [7, 11) is 0. The van der Waals surface area contributed by atoms with Crippen LogP contribution in [0.2, 0.25) is 0 Å². The summed E-state index contributed by atoms with van der Waals surface area (Å²) in [5, 5.41) is 14.7. The fourth-order valence-electron chi connectivity index (χ4n) is 3.60. The van der Waals surface area contributed by atoms with E-state index in [1.165, 1.54) is 0 Å². The molecule has 4 heterocycles. The van der Waals surface area contributed by atoms with Gasteiger partial charge >= 0.3 is 0 Å². The van der Waals surface area contributed by atoms with Crippen LogP contribution in [0.4, 0.5) is 14.7 Å². The van der Waals surface area contributed by atoms with Crippen LogP contribution in [0, 0.1) is 0 Å². The van der Waals surface area contributed by atoms with Gasteiger partial charge in [0, 0.05) is 26.1 Å². The average Bonchev–Trinajstić information content (AvgIpc) is 3.38. The van der Waals surface area contributed by atoms with E-state index in [-0.39, 0.29) is 12.4 Å². The molecule has 1 saturated heterocycles. The van der Waals surface area contributed by atoms with Crippen LogP contribution in [0.5, 0.6) is 0 Å². The number of aliphatic hydroxyl groups excluding tert-OH is 1. The Morgan fingerprint density at radius 2 is 2.00 bits per heavy atom. The first kappa shape index (κ1) is 18.8. The molecule has 4 aromatic rings.